The molecule has 314 valence electrons. The lowest BCUT2D eigenvalue weighted by Gasteiger charge is -2.36. The summed E-state index contributed by atoms with van der Waals surface area (Å²) in [6.45, 7) is 15.3. The van der Waals surface area contributed by atoms with Gasteiger partial charge < -0.3 is 30.4 Å². The Balaban J connectivity index is 2.01. The zero-order chi connectivity index (χ0) is 42.3. The smallest absolute Gasteiger partial charge is 0.325 e. The monoisotopic (exact) mass is 790 g/mol. The molecule has 5 N–H and O–H groups in total. The van der Waals surface area contributed by atoms with E-state index in [4.69, 9.17) is 4.74 Å². The number of hydrogen-bond acceptors (Lipinski definition) is 10. The Hall–Kier alpha value is -4.39. The molecule has 1 aromatic carbocycles. The van der Waals surface area contributed by atoms with Crippen LogP contribution in [0.1, 0.15) is 99.5 Å². The molecule has 0 aliphatic carbocycles. The lowest BCUT2D eigenvalue weighted by Crippen LogP contribution is -2.59. The highest BCUT2D eigenvalue weighted by Gasteiger charge is 2.35. The fourth-order valence-corrected chi connectivity index (χ4v) is 6.83. The summed E-state index contributed by atoms with van der Waals surface area (Å²) in [4.78, 5) is 66.2. The highest BCUT2D eigenvalue weighted by atomic mass is 16.5. The first-order valence-corrected chi connectivity index (χ1v) is 20.3. The molecule has 0 radical (unpaired) electrons. The van der Waals surface area contributed by atoms with Gasteiger partial charge in [0, 0.05) is 37.4 Å². The fourth-order valence-electron chi connectivity index (χ4n) is 6.83. The standard InChI is InChI=1S/C45H66N4O8/c1-29(2)40-43(55)46-34(26-33-18-14-19-35(51)27-33)28-49-25-15-20-37(48-49)44(56)57-38(30(3)17-13-22-39(52)45(6,7)8)21-12-10-9-11-16-31(4)41(53)36(42(54)47-40)24-23-32(5)50/h9-14,17-19,22,27,29,31,34,36-38,40-41,48,51,53H,15-16,20-21,23-26,28H2,1-8H3,(H,46,55)(H,47,54). The molecule has 1 aromatic rings. The highest BCUT2D eigenvalue weighted by molar-refractivity contribution is 5.94. The second kappa shape index (κ2) is 22.5. The predicted molar refractivity (Wildman–Crippen MR) is 222 cm³/mol. The zero-order valence-corrected chi connectivity index (χ0v) is 35.1. The van der Waals surface area contributed by atoms with Crippen molar-refractivity contribution in [1.82, 2.24) is 21.1 Å². The molecule has 8 unspecified atom stereocenters. The van der Waals surface area contributed by atoms with E-state index in [1.807, 2.05) is 83.8 Å². The van der Waals surface area contributed by atoms with Crippen LogP contribution in [0.15, 0.2) is 72.4 Å². The molecule has 57 heavy (non-hydrogen) atoms. The van der Waals surface area contributed by atoms with Crippen LogP contribution >= 0.6 is 0 Å². The van der Waals surface area contributed by atoms with E-state index in [1.165, 1.54) is 13.0 Å². The number of carbonyl (C=O) groups excluding carboxylic acids is 5. The van der Waals surface area contributed by atoms with E-state index < -0.39 is 59.5 Å². The largest absolute Gasteiger partial charge is 0.508 e. The van der Waals surface area contributed by atoms with Crippen molar-refractivity contribution in [3.8, 4) is 5.75 Å². The number of hydrazine groups is 1. The van der Waals surface area contributed by atoms with Gasteiger partial charge in [0.25, 0.3) is 0 Å². The molecule has 8 atom stereocenters. The van der Waals surface area contributed by atoms with Crippen LogP contribution in [0.2, 0.25) is 0 Å². The summed E-state index contributed by atoms with van der Waals surface area (Å²) >= 11 is 0. The maximum Gasteiger partial charge on any atom is 0.325 e. The normalized spacial score (nSPS) is 27.9. The van der Waals surface area contributed by atoms with Gasteiger partial charge in [0.1, 0.15) is 29.7 Å². The van der Waals surface area contributed by atoms with Gasteiger partial charge in [-0.3, -0.25) is 19.2 Å². The molecule has 2 bridgehead atoms. The fraction of sp³-hybridized carbons (Fsp3) is 0.578. The summed E-state index contributed by atoms with van der Waals surface area (Å²) in [6.07, 6.45) is 13.4. The van der Waals surface area contributed by atoms with Gasteiger partial charge in [0.2, 0.25) is 11.8 Å². The van der Waals surface area contributed by atoms with E-state index >= 15 is 0 Å². The van der Waals surface area contributed by atoms with Gasteiger partial charge in [-0.05, 0) is 87.1 Å². The van der Waals surface area contributed by atoms with Gasteiger partial charge in [-0.1, -0.05) is 90.1 Å². The number of hydrogen-bond donors (Lipinski definition) is 5. The first-order chi connectivity index (χ1) is 26.8. The number of aliphatic hydroxyl groups excluding tert-OH is 1. The lowest BCUT2D eigenvalue weighted by molar-refractivity contribution is -0.153. The maximum absolute atomic E-state index is 14.1. The number of ether oxygens (including phenoxy) is 1. The number of aliphatic hydroxyl groups is 1. The minimum Gasteiger partial charge on any atom is -0.508 e. The summed E-state index contributed by atoms with van der Waals surface area (Å²) in [5.41, 5.74) is 4.34. The number of esters is 1. The summed E-state index contributed by atoms with van der Waals surface area (Å²) < 4.78 is 6.14. The topological polar surface area (TPSA) is 174 Å². The molecule has 1 fully saturated rings. The number of Topliss-reactive ketones (excluding diaryl/α,β-unsaturated/α-hetero) is 1. The van der Waals surface area contributed by atoms with Crippen LogP contribution in [0.3, 0.4) is 0 Å². The van der Waals surface area contributed by atoms with Crippen LogP contribution in [-0.2, 0) is 35.1 Å². The third-order valence-corrected chi connectivity index (χ3v) is 10.5. The number of nitrogens with one attached hydrogen (secondary N) is 3. The third-order valence-electron chi connectivity index (χ3n) is 10.5. The summed E-state index contributed by atoms with van der Waals surface area (Å²) in [6, 6.07) is 4.70. The molecule has 0 saturated carbocycles. The van der Waals surface area contributed by atoms with Crippen LogP contribution in [-0.4, -0.2) is 88.0 Å². The van der Waals surface area contributed by atoms with Gasteiger partial charge >= 0.3 is 5.97 Å². The number of phenolic OH excluding ortho intramolecular Hbond substituents is 1. The number of ketones is 2. The molecule has 2 aliphatic heterocycles. The Labute approximate surface area is 339 Å². The highest BCUT2D eigenvalue weighted by Crippen LogP contribution is 2.24. The van der Waals surface area contributed by atoms with Crippen molar-refractivity contribution < 1.29 is 38.9 Å². The second-order valence-electron chi connectivity index (χ2n) is 17.0. The average molecular weight is 791 g/mol. The molecule has 2 amide bonds. The van der Waals surface area contributed by atoms with Crippen molar-refractivity contribution in [2.24, 2.45) is 23.2 Å². The van der Waals surface area contributed by atoms with E-state index in [0.717, 1.165) is 11.1 Å². The first-order valence-electron chi connectivity index (χ1n) is 20.3. The van der Waals surface area contributed by atoms with Crippen LogP contribution in [0, 0.1) is 23.2 Å². The van der Waals surface area contributed by atoms with Crippen molar-refractivity contribution in [3.05, 3.63) is 77.9 Å². The van der Waals surface area contributed by atoms with Crippen molar-refractivity contribution in [3.63, 3.8) is 0 Å². The summed E-state index contributed by atoms with van der Waals surface area (Å²) in [7, 11) is 0. The quantitative estimate of drug-likeness (QED) is 0.123. The second-order valence-corrected chi connectivity index (χ2v) is 17.0. The van der Waals surface area contributed by atoms with E-state index in [-0.39, 0.29) is 42.0 Å². The summed E-state index contributed by atoms with van der Waals surface area (Å²) in [5.74, 6) is -2.95. The number of fused-ring (bicyclic) bond motifs is 2. The van der Waals surface area contributed by atoms with Crippen molar-refractivity contribution in [1.29, 1.82) is 0 Å². The van der Waals surface area contributed by atoms with E-state index in [9.17, 15) is 34.2 Å². The Morgan fingerprint density at radius 3 is 2.39 bits per heavy atom. The zero-order valence-electron chi connectivity index (χ0n) is 35.1. The van der Waals surface area contributed by atoms with E-state index in [2.05, 4.69) is 16.1 Å². The van der Waals surface area contributed by atoms with Gasteiger partial charge in [-0.2, -0.15) is 0 Å². The van der Waals surface area contributed by atoms with Gasteiger partial charge in [0.05, 0.1) is 12.0 Å². The molecule has 12 nitrogen and oxygen atoms in total. The molecule has 3 rings (SSSR count). The Bertz CT molecular complexity index is 1660. The van der Waals surface area contributed by atoms with Gasteiger partial charge in [0.15, 0.2) is 5.78 Å². The van der Waals surface area contributed by atoms with E-state index in [0.29, 0.717) is 45.2 Å². The van der Waals surface area contributed by atoms with Crippen LogP contribution in [0.5, 0.6) is 5.75 Å². The number of benzene rings is 1. The lowest BCUT2D eigenvalue weighted by atomic mass is 9.85. The molecule has 12 heteroatoms. The minimum absolute atomic E-state index is 0.0222. The van der Waals surface area contributed by atoms with Crippen LogP contribution in [0.25, 0.3) is 0 Å². The number of aromatic hydroxyl groups is 1. The molecule has 0 spiro atoms. The Morgan fingerprint density at radius 1 is 1.04 bits per heavy atom. The molecule has 0 aromatic heterocycles. The Kier molecular flexibility index (Phi) is 18.6. The number of cyclic esters (lactones) is 1. The third kappa shape index (κ3) is 15.8. The molecular weight excluding hydrogens is 725 g/mol. The number of allylic oxidation sites excluding steroid dienone is 6. The van der Waals surface area contributed by atoms with Crippen LogP contribution in [0.4, 0.5) is 0 Å². The van der Waals surface area contributed by atoms with Gasteiger partial charge in [-0.25, -0.2) is 10.4 Å². The maximum atomic E-state index is 14.1. The number of carbonyl (C=O) groups is 5. The van der Waals surface area contributed by atoms with E-state index in [1.54, 1.807) is 30.4 Å². The molecule has 2 aliphatic rings. The first kappa shape index (κ1) is 47.0. The average Bonchev–Trinajstić information content (AvgIpc) is 3.13. The summed E-state index contributed by atoms with van der Waals surface area (Å²) in [5, 5.41) is 29.6. The number of phenols is 1. The SMILES string of the molecule is CC(=O)CCC1C(=O)NC(C(C)C)C(=O)NC(Cc2cccc(O)c2)CN2CCCC(N2)C(=O)OC(C(C)=CC=CC(=O)C(C)(C)C)CC=CC=CCC(C)C1O. The van der Waals surface area contributed by atoms with Crippen molar-refractivity contribution >= 4 is 29.4 Å². The van der Waals surface area contributed by atoms with Crippen molar-refractivity contribution in [2.75, 3.05) is 13.1 Å². The molecule has 1 saturated heterocycles. The van der Waals surface area contributed by atoms with Crippen molar-refractivity contribution in [2.45, 2.75) is 131 Å². The molecular formula is C45H66N4O8. The van der Waals surface area contributed by atoms with Crippen LogP contribution < -0.4 is 16.1 Å². The number of nitrogens with zero attached hydrogens (tertiary/aromatic N) is 1. The number of rotatable bonds is 9. The van der Waals surface area contributed by atoms with Gasteiger partial charge in [-0.15, -0.1) is 0 Å². The Morgan fingerprint density at radius 2 is 1.74 bits per heavy atom. The molecule has 2 heterocycles. The predicted octanol–water partition coefficient (Wildman–Crippen LogP) is 5.45. The number of amides is 2. The minimum atomic E-state index is -1.09.